The molecule has 1 saturated carbocycles. The van der Waals surface area contributed by atoms with Crippen LogP contribution in [0.25, 0.3) is 0 Å². The molecule has 0 radical (unpaired) electrons. The molecule has 2 fully saturated rings. The Labute approximate surface area is 131 Å². The summed E-state index contributed by atoms with van der Waals surface area (Å²) in [6.07, 6.45) is 4.48. The summed E-state index contributed by atoms with van der Waals surface area (Å²) < 4.78 is 0. The maximum absolute atomic E-state index is 12.2. The van der Waals surface area contributed by atoms with E-state index in [2.05, 4.69) is 12.2 Å². The Hall–Kier alpha value is -1.59. The lowest BCUT2D eigenvalue weighted by molar-refractivity contribution is -0.137. The monoisotopic (exact) mass is 310 g/mol. The van der Waals surface area contributed by atoms with Crippen molar-refractivity contribution < 1.29 is 19.5 Å². The molecule has 0 spiro atoms. The fraction of sp³-hybridized carbons (Fsp3) is 0.812. The lowest BCUT2D eigenvalue weighted by Crippen LogP contribution is -2.41. The molecule has 1 aliphatic carbocycles. The van der Waals surface area contributed by atoms with E-state index in [-0.39, 0.29) is 36.6 Å². The summed E-state index contributed by atoms with van der Waals surface area (Å²) in [7, 11) is 0. The van der Waals surface area contributed by atoms with Crippen LogP contribution in [-0.2, 0) is 14.4 Å². The summed E-state index contributed by atoms with van der Waals surface area (Å²) in [6, 6.07) is -0.136. The van der Waals surface area contributed by atoms with Crippen LogP contribution in [0.4, 0.5) is 0 Å². The zero-order valence-corrected chi connectivity index (χ0v) is 13.4. The van der Waals surface area contributed by atoms with Gasteiger partial charge in [0.25, 0.3) is 0 Å². The van der Waals surface area contributed by atoms with E-state index in [4.69, 9.17) is 5.11 Å². The fourth-order valence-electron chi connectivity index (χ4n) is 3.49. The van der Waals surface area contributed by atoms with Crippen molar-refractivity contribution in [1.82, 2.24) is 10.2 Å². The molecule has 6 nitrogen and oxygen atoms in total. The molecular weight excluding hydrogens is 284 g/mol. The van der Waals surface area contributed by atoms with Crippen molar-refractivity contribution >= 4 is 17.8 Å². The third-order valence-electron chi connectivity index (χ3n) is 4.82. The molecule has 2 unspecified atom stereocenters. The molecule has 0 aromatic rings. The number of rotatable bonds is 5. The van der Waals surface area contributed by atoms with Crippen LogP contribution in [0.3, 0.4) is 0 Å². The van der Waals surface area contributed by atoms with Gasteiger partial charge in [0.2, 0.25) is 11.8 Å². The van der Waals surface area contributed by atoms with Gasteiger partial charge in [0.15, 0.2) is 0 Å². The molecule has 1 aliphatic heterocycles. The second kappa shape index (κ2) is 7.11. The molecule has 0 aromatic heterocycles. The smallest absolute Gasteiger partial charge is 0.305 e. The number of nitrogens with zero attached hydrogens (tertiary/aromatic N) is 1. The van der Waals surface area contributed by atoms with Gasteiger partial charge in [-0.15, -0.1) is 0 Å². The average molecular weight is 310 g/mol. The van der Waals surface area contributed by atoms with Crippen molar-refractivity contribution in [3.05, 3.63) is 0 Å². The Morgan fingerprint density at radius 2 is 1.95 bits per heavy atom. The quantitative estimate of drug-likeness (QED) is 0.803. The maximum Gasteiger partial charge on any atom is 0.305 e. The Bertz CT molecular complexity index is 443. The first kappa shape index (κ1) is 16.8. The van der Waals surface area contributed by atoms with Crippen LogP contribution in [0.15, 0.2) is 0 Å². The molecule has 22 heavy (non-hydrogen) atoms. The van der Waals surface area contributed by atoms with E-state index in [1.165, 1.54) is 0 Å². The largest absolute Gasteiger partial charge is 0.481 e. The molecule has 2 N–H and O–H groups in total. The SMILES string of the molecule is CC1CCC(N2CC(C(=O)NC(C)CC(=O)O)CC2=O)CC1. The van der Waals surface area contributed by atoms with E-state index in [1.54, 1.807) is 6.92 Å². The van der Waals surface area contributed by atoms with Crippen molar-refractivity contribution in [1.29, 1.82) is 0 Å². The normalized spacial score (nSPS) is 30.2. The van der Waals surface area contributed by atoms with Crippen LogP contribution in [0.2, 0.25) is 0 Å². The number of carboxylic acid groups (broad SMARTS) is 1. The third-order valence-corrected chi connectivity index (χ3v) is 4.82. The molecule has 124 valence electrons. The molecular formula is C16H26N2O4. The number of amides is 2. The standard InChI is InChI=1S/C16H26N2O4/c1-10-3-5-13(6-4-10)18-9-12(8-14(18)19)16(22)17-11(2)7-15(20)21/h10-13H,3-9H2,1-2H3,(H,17,22)(H,20,21). The molecule has 0 bridgehead atoms. The average Bonchev–Trinajstić information content (AvgIpc) is 2.81. The third kappa shape index (κ3) is 4.21. The molecule has 6 heteroatoms. The second-order valence-electron chi connectivity index (χ2n) is 6.87. The van der Waals surface area contributed by atoms with Gasteiger partial charge in [0, 0.05) is 25.0 Å². The van der Waals surface area contributed by atoms with E-state index >= 15 is 0 Å². The Morgan fingerprint density at radius 3 is 2.55 bits per heavy atom. The number of carboxylic acids is 1. The van der Waals surface area contributed by atoms with Crippen molar-refractivity contribution in [2.45, 2.75) is 64.5 Å². The van der Waals surface area contributed by atoms with Crippen LogP contribution >= 0.6 is 0 Å². The predicted molar refractivity (Wildman–Crippen MR) is 81.1 cm³/mol. The topological polar surface area (TPSA) is 86.7 Å². The molecule has 1 heterocycles. The van der Waals surface area contributed by atoms with Gasteiger partial charge in [-0.25, -0.2) is 0 Å². The van der Waals surface area contributed by atoms with Crippen LogP contribution in [0, 0.1) is 11.8 Å². The van der Waals surface area contributed by atoms with Crippen molar-refractivity contribution in [2.75, 3.05) is 6.54 Å². The van der Waals surface area contributed by atoms with Gasteiger partial charge >= 0.3 is 5.97 Å². The Morgan fingerprint density at radius 1 is 1.32 bits per heavy atom. The van der Waals surface area contributed by atoms with Crippen LogP contribution in [0.5, 0.6) is 0 Å². The van der Waals surface area contributed by atoms with Crippen molar-refractivity contribution in [3.8, 4) is 0 Å². The highest BCUT2D eigenvalue weighted by Gasteiger charge is 2.38. The number of hydrogen-bond donors (Lipinski definition) is 2. The number of carbonyl (C=O) groups is 3. The fourth-order valence-corrected chi connectivity index (χ4v) is 3.49. The zero-order valence-electron chi connectivity index (χ0n) is 13.4. The summed E-state index contributed by atoms with van der Waals surface area (Å²) >= 11 is 0. The molecule has 2 rings (SSSR count). The van der Waals surface area contributed by atoms with Crippen LogP contribution in [-0.4, -0.2) is 46.4 Å². The first-order valence-corrected chi connectivity index (χ1v) is 8.18. The zero-order chi connectivity index (χ0) is 16.3. The molecule has 2 aliphatic rings. The van der Waals surface area contributed by atoms with E-state index in [0.717, 1.165) is 31.6 Å². The first-order valence-electron chi connectivity index (χ1n) is 8.18. The lowest BCUT2D eigenvalue weighted by Gasteiger charge is -2.33. The van der Waals surface area contributed by atoms with Crippen LogP contribution in [0.1, 0.15) is 52.4 Å². The predicted octanol–water partition coefficient (Wildman–Crippen LogP) is 1.39. The number of carbonyl (C=O) groups excluding carboxylic acids is 2. The van der Waals surface area contributed by atoms with Crippen molar-refractivity contribution in [2.24, 2.45) is 11.8 Å². The van der Waals surface area contributed by atoms with Gasteiger partial charge in [-0.3, -0.25) is 14.4 Å². The van der Waals surface area contributed by atoms with E-state index in [0.29, 0.717) is 6.54 Å². The first-order chi connectivity index (χ1) is 10.4. The highest BCUT2D eigenvalue weighted by atomic mass is 16.4. The number of likely N-dealkylation sites (tertiary alicyclic amines) is 1. The highest BCUT2D eigenvalue weighted by Crippen LogP contribution is 2.31. The van der Waals surface area contributed by atoms with E-state index in [1.807, 2.05) is 4.90 Å². The maximum atomic E-state index is 12.2. The van der Waals surface area contributed by atoms with Gasteiger partial charge in [-0.1, -0.05) is 6.92 Å². The van der Waals surface area contributed by atoms with Gasteiger partial charge in [0.05, 0.1) is 12.3 Å². The summed E-state index contributed by atoms with van der Waals surface area (Å²) in [5.41, 5.74) is 0. The molecule has 2 amide bonds. The molecule has 1 saturated heterocycles. The van der Waals surface area contributed by atoms with Gasteiger partial charge in [-0.05, 0) is 38.5 Å². The number of hydrogen-bond acceptors (Lipinski definition) is 3. The van der Waals surface area contributed by atoms with Crippen LogP contribution < -0.4 is 5.32 Å². The minimum absolute atomic E-state index is 0.0607. The Balaban J connectivity index is 1.86. The summed E-state index contributed by atoms with van der Waals surface area (Å²) in [6.45, 7) is 4.38. The highest BCUT2D eigenvalue weighted by molar-refractivity contribution is 5.89. The van der Waals surface area contributed by atoms with Gasteiger partial charge in [0.1, 0.15) is 0 Å². The van der Waals surface area contributed by atoms with Crippen molar-refractivity contribution in [3.63, 3.8) is 0 Å². The van der Waals surface area contributed by atoms with Gasteiger partial charge in [-0.2, -0.15) is 0 Å². The van der Waals surface area contributed by atoms with E-state index in [9.17, 15) is 14.4 Å². The Kier molecular flexibility index (Phi) is 5.42. The van der Waals surface area contributed by atoms with Gasteiger partial charge < -0.3 is 15.3 Å². The minimum Gasteiger partial charge on any atom is -0.481 e. The summed E-state index contributed by atoms with van der Waals surface area (Å²) in [4.78, 5) is 36.9. The summed E-state index contributed by atoms with van der Waals surface area (Å²) in [5.74, 6) is -0.694. The molecule has 0 aromatic carbocycles. The number of aliphatic carboxylic acids is 1. The second-order valence-corrected chi connectivity index (χ2v) is 6.87. The van der Waals surface area contributed by atoms with E-state index < -0.39 is 12.0 Å². The molecule has 2 atom stereocenters. The lowest BCUT2D eigenvalue weighted by atomic mass is 9.87. The number of nitrogens with one attached hydrogen (secondary N) is 1. The summed E-state index contributed by atoms with van der Waals surface area (Å²) in [5, 5.41) is 11.4. The minimum atomic E-state index is -0.937.